The Morgan fingerprint density at radius 2 is 1.74 bits per heavy atom. The summed E-state index contributed by atoms with van der Waals surface area (Å²) in [6, 6.07) is 10.7. The number of nitrogens with two attached hydrogens (primary N) is 1. The van der Waals surface area contributed by atoms with Gasteiger partial charge in [-0.25, -0.2) is 5.84 Å². The number of nitrogens with one attached hydrogen (secondary N) is 1. The van der Waals surface area contributed by atoms with Gasteiger partial charge >= 0.3 is 0 Å². The minimum atomic E-state index is -0.229. The summed E-state index contributed by atoms with van der Waals surface area (Å²) in [5.41, 5.74) is 4.05. The number of carbonyl (C=O) groups excluding carboxylic acids is 1. The number of rotatable bonds is 4. The quantitative estimate of drug-likeness (QED) is 0.473. The maximum absolute atomic E-state index is 11.3. The minimum Gasteiger partial charge on any atom is -0.350 e. The zero-order chi connectivity index (χ0) is 13.7. The van der Waals surface area contributed by atoms with Crippen molar-refractivity contribution in [3.63, 3.8) is 0 Å². The lowest BCUT2D eigenvalue weighted by molar-refractivity contribution is -0.120. The van der Waals surface area contributed by atoms with Crippen molar-refractivity contribution >= 4 is 5.91 Å². The smallest absolute Gasteiger partial charge is 0.238 e. The third kappa shape index (κ3) is 3.53. The summed E-state index contributed by atoms with van der Waals surface area (Å²) in [6.07, 6.45) is 3.69. The molecule has 1 aromatic carbocycles. The first-order valence-electron chi connectivity index (χ1n) is 5.91. The highest BCUT2D eigenvalue weighted by Gasteiger charge is 2.06. The van der Waals surface area contributed by atoms with Crippen molar-refractivity contribution in [2.24, 2.45) is 5.84 Å². The Labute approximate surface area is 110 Å². The molecule has 0 unspecified atom stereocenters. The number of pyridine rings is 1. The second-order valence-electron chi connectivity index (χ2n) is 4.22. The van der Waals surface area contributed by atoms with Crippen molar-refractivity contribution in [2.45, 2.75) is 13.0 Å². The van der Waals surface area contributed by atoms with Gasteiger partial charge in [0, 0.05) is 31.1 Å². The number of carbonyl (C=O) groups is 1. The maximum Gasteiger partial charge on any atom is 0.238 e. The van der Waals surface area contributed by atoms with E-state index in [-0.39, 0.29) is 17.8 Å². The highest BCUT2D eigenvalue weighted by Crippen LogP contribution is 2.11. The molecule has 0 bridgehead atoms. The number of amides is 1. The van der Waals surface area contributed by atoms with E-state index in [1.807, 2.05) is 28.8 Å². The van der Waals surface area contributed by atoms with E-state index in [1.165, 1.54) is 12.1 Å². The van der Waals surface area contributed by atoms with E-state index in [0.29, 0.717) is 6.54 Å². The van der Waals surface area contributed by atoms with E-state index >= 15 is 0 Å². The van der Waals surface area contributed by atoms with Crippen LogP contribution in [0.25, 0.3) is 0 Å². The molecule has 5 nitrogen and oxygen atoms in total. The van der Waals surface area contributed by atoms with Gasteiger partial charge in [-0.05, 0) is 11.1 Å². The third-order valence-corrected chi connectivity index (χ3v) is 2.84. The fraction of sp³-hybridized carbons (Fsp3) is 0.143. The van der Waals surface area contributed by atoms with Crippen LogP contribution >= 0.6 is 0 Å². The van der Waals surface area contributed by atoms with Gasteiger partial charge in [-0.3, -0.25) is 15.0 Å². The van der Waals surface area contributed by atoms with Gasteiger partial charge < -0.3 is 4.57 Å². The first kappa shape index (κ1) is 13.0. The van der Waals surface area contributed by atoms with Gasteiger partial charge in [0.2, 0.25) is 5.91 Å². The summed E-state index contributed by atoms with van der Waals surface area (Å²) in [5.74, 6) is 4.87. The third-order valence-electron chi connectivity index (χ3n) is 2.84. The number of hydrogen-bond donors (Lipinski definition) is 2. The van der Waals surface area contributed by atoms with Crippen molar-refractivity contribution in [1.82, 2.24) is 9.99 Å². The number of benzene rings is 1. The Morgan fingerprint density at radius 1 is 1.11 bits per heavy atom. The average Bonchev–Trinajstić information content (AvgIpc) is 2.43. The fourth-order valence-electron chi connectivity index (χ4n) is 1.85. The molecule has 1 amide bonds. The molecule has 98 valence electrons. The van der Waals surface area contributed by atoms with Crippen LogP contribution in [-0.4, -0.2) is 10.5 Å². The van der Waals surface area contributed by atoms with Crippen molar-refractivity contribution in [2.75, 3.05) is 0 Å². The van der Waals surface area contributed by atoms with Gasteiger partial charge in [-0.1, -0.05) is 24.3 Å². The molecule has 1 heterocycles. The van der Waals surface area contributed by atoms with Gasteiger partial charge in [0.05, 0.1) is 6.42 Å². The minimum absolute atomic E-state index is 0.0213. The molecule has 0 radical (unpaired) electrons. The highest BCUT2D eigenvalue weighted by atomic mass is 16.2. The van der Waals surface area contributed by atoms with E-state index in [0.717, 1.165) is 11.1 Å². The predicted octanol–water partition coefficient (Wildman–Crippen LogP) is 0.429. The molecule has 0 saturated carbocycles. The van der Waals surface area contributed by atoms with Crippen molar-refractivity contribution in [1.29, 1.82) is 0 Å². The summed E-state index contributed by atoms with van der Waals surface area (Å²) in [5, 5.41) is 0. The lowest BCUT2D eigenvalue weighted by atomic mass is 10.0. The van der Waals surface area contributed by atoms with Gasteiger partial charge in [-0.2, -0.15) is 0 Å². The van der Waals surface area contributed by atoms with Crippen LogP contribution in [0.5, 0.6) is 0 Å². The Hall–Kier alpha value is -2.40. The van der Waals surface area contributed by atoms with Crippen LogP contribution < -0.4 is 16.7 Å². The van der Waals surface area contributed by atoms with Crippen molar-refractivity contribution in [3.05, 3.63) is 70.1 Å². The van der Waals surface area contributed by atoms with E-state index in [2.05, 4.69) is 5.43 Å². The molecule has 0 saturated heterocycles. The van der Waals surface area contributed by atoms with Gasteiger partial charge in [0.25, 0.3) is 0 Å². The van der Waals surface area contributed by atoms with Crippen molar-refractivity contribution in [3.8, 4) is 0 Å². The summed E-state index contributed by atoms with van der Waals surface area (Å²) in [4.78, 5) is 22.4. The monoisotopic (exact) mass is 257 g/mol. The van der Waals surface area contributed by atoms with Crippen LogP contribution in [0.4, 0.5) is 0 Å². The van der Waals surface area contributed by atoms with Crippen molar-refractivity contribution < 1.29 is 4.79 Å². The Bertz CT molecular complexity index is 614. The standard InChI is InChI=1S/C14H15N3O2/c15-16-14(19)9-11-3-1-2-4-12(11)10-17-7-5-13(18)6-8-17/h1-8H,9-10,15H2,(H,16,19). The average molecular weight is 257 g/mol. The lowest BCUT2D eigenvalue weighted by Gasteiger charge is -2.11. The van der Waals surface area contributed by atoms with Crippen LogP contribution in [0.3, 0.4) is 0 Å². The Balaban J connectivity index is 2.22. The SMILES string of the molecule is NNC(=O)Cc1ccccc1Cn1ccc(=O)cc1. The number of nitrogens with zero attached hydrogens (tertiary/aromatic N) is 1. The summed E-state index contributed by atoms with van der Waals surface area (Å²) in [6.45, 7) is 0.605. The van der Waals surface area contributed by atoms with Gasteiger partial charge in [-0.15, -0.1) is 0 Å². The van der Waals surface area contributed by atoms with Gasteiger partial charge in [0.15, 0.2) is 5.43 Å². The molecule has 0 atom stereocenters. The summed E-state index contributed by atoms with van der Waals surface area (Å²) >= 11 is 0. The summed E-state index contributed by atoms with van der Waals surface area (Å²) < 4.78 is 1.89. The van der Waals surface area contributed by atoms with Crippen LogP contribution in [0.15, 0.2) is 53.6 Å². The molecule has 2 rings (SSSR count). The second kappa shape index (κ2) is 5.97. The number of hydrazine groups is 1. The van der Waals surface area contributed by atoms with E-state index < -0.39 is 0 Å². The molecule has 2 aromatic rings. The van der Waals surface area contributed by atoms with Crippen LogP contribution in [0, 0.1) is 0 Å². The number of aromatic nitrogens is 1. The fourth-order valence-corrected chi connectivity index (χ4v) is 1.85. The molecule has 19 heavy (non-hydrogen) atoms. The van der Waals surface area contributed by atoms with Crippen LogP contribution in [-0.2, 0) is 17.8 Å². The molecule has 3 N–H and O–H groups in total. The largest absolute Gasteiger partial charge is 0.350 e. The van der Waals surface area contributed by atoms with Crippen LogP contribution in [0.2, 0.25) is 0 Å². The second-order valence-corrected chi connectivity index (χ2v) is 4.22. The normalized spacial score (nSPS) is 10.2. The first-order chi connectivity index (χ1) is 9.19. The van der Waals surface area contributed by atoms with E-state index in [4.69, 9.17) is 5.84 Å². The first-order valence-corrected chi connectivity index (χ1v) is 5.91. The Morgan fingerprint density at radius 3 is 2.37 bits per heavy atom. The van der Waals surface area contributed by atoms with Crippen LogP contribution in [0.1, 0.15) is 11.1 Å². The molecule has 0 fully saturated rings. The zero-order valence-electron chi connectivity index (χ0n) is 10.4. The molecule has 0 aliphatic rings. The molecule has 5 heteroatoms. The summed E-state index contributed by atoms with van der Waals surface area (Å²) in [7, 11) is 0. The van der Waals surface area contributed by atoms with Gasteiger partial charge in [0.1, 0.15) is 0 Å². The topological polar surface area (TPSA) is 77.1 Å². The highest BCUT2D eigenvalue weighted by molar-refractivity contribution is 5.78. The molecular weight excluding hydrogens is 242 g/mol. The lowest BCUT2D eigenvalue weighted by Crippen LogP contribution is -2.31. The molecule has 0 aliphatic heterocycles. The molecule has 0 aliphatic carbocycles. The zero-order valence-corrected chi connectivity index (χ0v) is 10.4. The van der Waals surface area contributed by atoms with E-state index in [9.17, 15) is 9.59 Å². The maximum atomic E-state index is 11.3. The predicted molar refractivity (Wildman–Crippen MR) is 72.3 cm³/mol. The molecule has 0 spiro atoms. The number of hydrogen-bond acceptors (Lipinski definition) is 3. The Kier molecular flexibility index (Phi) is 4.10. The van der Waals surface area contributed by atoms with E-state index in [1.54, 1.807) is 12.4 Å². The molecular formula is C14H15N3O2. The molecule has 1 aromatic heterocycles.